The summed E-state index contributed by atoms with van der Waals surface area (Å²) in [6.07, 6.45) is -0.917. The number of rotatable bonds is 8. The molecule has 30 heavy (non-hydrogen) atoms. The Hall–Kier alpha value is -2.20. The van der Waals surface area contributed by atoms with Gasteiger partial charge in [0.1, 0.15) is 0 Å². The number of nitrogens with one attached hydrogen (secondary N) is 1. The van der Waals surface area contributed by atoms with E-state index in [2.05, 4.69) is 15.4 Å². The van der Waals surface area contributed by atoms with Gasteiger partial charge in [0, 0.05) is 6.42 Å². The molecule has 2 heterocycles. The fraction of sp³-hybridized carbons (Fsp3) is 0.650. The molecule has 0 spiro atoms. The maximum atomic E-state index is 12.4. The largest absolute Gasteiger partial charge is 0.389 e. The number of halogens is 3. The molecule has 1 amide bonds. The number of nitrogens with two attached hydrogens (primary N) is 1. The van der Waals surface area contributed by atoms with Crippen LogP contribution in [0.1, 0.15) is 69.8 Å². The van der Waals surface area contributed by atoms with E-state index < -0.39 is 31.0 Å². The Kier molecular flexibility index (Phi) is 6.37. The average Bonchev–Trinajstić information content (AvgIpc) is 3.39. The number of amides is 1. The molecule has 2 atom stereocenters. The lowest BCUT2D eigenvalue weighted by molar-refractivity contribution is -0.144. The van der Waals surface area contributed by atoms with Crippen LogP contribution in [0.25, 0.3) is 5.65 Å². The molecule has 10 heteroatoms. The highest BCUT2D eigenvalue weighted by atomic mass is 19.4. The van der Waals surface area contributed by atoms with Crippen molar-refractivity contribution in [1.29, 1.82) is 0 Å². The lowest BCUT2D eigenvalue weighted by Gasteiger charge is -2.21. The van der Waals surface area contributed by atoms with Gasteiger partial charge in [-0.15, -0.1) is 0 Å². The number of aromatic nitrogens is 3. The van der Waals surface area contributed by atoms with Crippen molar-refractivity contribution in [2.24, 2.45) is 11.7 Å². The highest BCUT2D eigenvalue weighted by Gasteiger charge is 2.35. The van der Waals surface area contributed by atoms with Gasteiger partial charge in [0.15, 0.2) is 5.65 Å². The van der Waals surface area contributed by atoms with Gasteiger partial charge in [0.25, 0.3) is 0 Å². The molecule has 1 aliphatic rings. The molecule has 7 nitrogen and oxygen atoms in total. The zero-order chi connectivity index (χ0) is 22.1. The summed E-state index contributed by atoms with van der Waals surface area (Å²) >= 11 is 0. The summed E-state index contributed by atoms with van der Waals surface area (Å²) in [5.41, 5.74) is 7.77. The van der Waals surface area contributed by atoms with Crippen molar-refractivity contribution in [3.8, 4) is 0 Å². The first-order valence-electron chi connectivity index (χ1n) is 10.0. The second-order valence-electron chi connectivity index (χ2n) is 8.79. The molecule has 0 aromatic carbocycles. The van der Waals surface area contributed by atoms with Crippen molar-refractivity contribution in [1.82, 2.24) is 19.9 Å². The quantitative estimate of drug-likeness (QED) is 0.673. The van der Waals surface area contributed by atoms with Crippen LogP contribution in [-0.4, -0.2) is 38.9 Å². The SMILES string of the molecule is CC(C)(C)OC[C@H](N)c1cn2ncc(C(NC(=O)CCC(F)(F)F)C3CC3)cc2n1. The molecule has 3 rings (SSSR count). The van der Waals surface area contributed by atoms with E-state index in [0.29, 0.717) is 17.9 Å². The first-order chi connectivity index (χ1) is 13.9. The molecule has 1 saturated carbocycles. The molecule has 0 aliphatic heterocycles. The standard InChI is InChI=1S/C20H28F3N5O2/c1-19(2,3)30-11-14(24)15-10-28-16(26-15)8-13(9-25-28)18(12-4-5-12)27-17(29)6-7-20(21,22)23/h8-10,12,14,18H,4-7,11,24H2,1-3H3,(H,27,29)/t14-,18?/m0/s1. The van der Waals surface area contributed by atoms with Gasteiger partial charge in [0.05, 0.1) is 48.8 Å². The first-order valence-corrected chi connectivity index (χ1v) is 10.0. The minimum atomic E-state index is -4.35. The van der Waals surface area contributed by atoms with Crippen LogP contribution in [0.15, 0.2) is 18.5 Å². The minimum Gasteiger partial charge on any atom is -0.374 e. The Balaban J connectivity index is 1.72. The summed E-state index contributed by atoms with van der Waals surface area (Å²) in [4.78, 5) is 16.6. The molecular weight excluding hydrogens is 399 g/mol. The molecule has 0 bridgehead atoms. The number of nitrogens with zero attached hydrogens (tertiary/aromatic N) is 3. The normalized spacial score (nSPS) is 17.2. The molecule has 2 aromatic heterocycles. The van der Waals surface area contributed by atoms with Gasteiger partial charge in [-0.05, 0) is 51.2 Å². The van der Waals surface area contributed by atoms with Gasteiger partial charge in [0.2, 0.25) is 5.91 Å². The van der Waals surface area contributed by atoms with Crippen molar-refractivity contribution >= 4 is 11.6 Å². The summed E-state index contributed by atoms with van der Waals surface area (Å²) in [6.45, 7) is 6.13. The molecule has 0 saturated heterocycles. The minimum absolute atomic E-state index is 0.195. The van der Waals surface area contributed by atoms with Crippen molar-refractivity contribution in [3.63, 3.8) is 0 Å². The van der Waals surface area contributed by atoms with Crippen LogP contribution in [0.5, 0.6) is 0 Å². The molecule has 166 valence electrons. The summed E-state index contributed by atoms with van der Waals surface area (Å²) in [5.74, 6) is -0.421. The molecule has 0 radical (unpaired) electrons. The number of fused-ring (bicyclic) bond motifs is 1. The maximum Gasteiger partial charge on any atom is 0.389 e. The van der Waals surface area contributed by atoms with Crippen molar-refractivity contribution in [3.05, 3.63) is 29.7 Å². The number of alkyl halides is 3. The van der Waals surface area contributed by atoms with E-state index >= 15 is 0 Å². The smallest absolute Gasteiger partial charge is 0.374 e. The van der Waals surface area contributed by atoms with Crippen LogP contribution in [0.2, 0.25) is 0 Å². The molecule has 1 fully saturated rings. The lowest BCUT2D eigenvalue weighted by atomic mass is 10.0. The third-order valence-electron chi connectivity index (χ3n) is 4.84. The van der Waals surface area contributed by atoms with Crippen LogP contribution in [0, 0.1) is 5.92 Å². The Morgan fingerprint density at radius 2 is 2.07 bits per heavy atom. The Bertz CT molecular complexity index is 887. The van der Waals surface area contributed by atoms with Gasteiger partial charge in [-0.3, -0.25) is 4.79 Å². The number of carbonyl (C=O) groups is 1. The average molecular weight is 427 g/mol. The van der Waals surface area contributed by atoms with Crippen molar-refractivity contribution < 1.29 is 22.7 Å². The Morgan fingerprint density at radius 3 is 2.67 bits per heavy atom. The van der Waals surface area contributed by atoms with E-state index in [-0.39, 0.29) is 17.6 Å². The monoisotopic (exact) mass is 427 g/mol. The van der Waals surface area contributed by atoms with Gasteiger partial charge in [-0.25, -0.2) is 9.50 Å². The van der Waals surface area contributed by atoms with Crippen molar-refractivity contribution in [2.45, 2.75) is 70.3 Å². The molecule has 1 aliphatic carbocycles. The number of hydrogen-bond acceptors (Lipinski definition) is 5. The fourth-order valence-electron chi connectivity index (χ4n) is 3.09. The van der Waals surface area contributed by atoms with Gasteiger partial charge in [-0.1, -0.05) is 0 Å². The van der Waals surface area contributed by atoms with E-state index in [1.807, 2.05) is 20.8 Å². The summed E-state index contributed by atoms with van der Waals surface area (Å²) < 4.78 is 44.5. The highest BCUT2D eigenvalue weighted by Crippen LogP contribution is 2.41. The predicted molar refractivity (Wildman–Crippen MR) is 105 cm³/mol. The van der Waals surface area contributed by atoms with E-state index in [0.717, 1.165) is 18.4 Å². The van der Waals surface area contributed by atoms with Crippen molar-refractivity contribution in [2.75, 3.05) is 6.61 Å². The number of hydrogen-bond donors (Lipinski definition) is 2. The summed E-state index contributed by atoms with van der Waals surface area (Å²) in [6, 6.07) is 0.998. The van der Waals surface area contributed by atoms with Crippen LogP contribution in [-0.2, 0) is 9.53 Å². The van der Waals surface area contributed by atoms with Gasteiger partial charge in [-0.2, -0.15) is 18.3 Å². The Labute approximate surface area is 173 Å². The predicted octanol–water partition coefficient (Wildman–Crippen LogP) is 3.45. The number of imidazole rings is 1. The fourth-order valence-corrected chi connectivity index (χ4v) is 3.09. The zero-order valence-electron chi connectivity index (χ0n) is 17.4. The van der Waals surface area contributed by atoms with Crippen LogP contribution < -0.4 is 11.1 Å². The van der Waals surface area contributed by atoms with Crippen LogP contribution >= 0.6 is 0 Å². The van der Waals surface area contributed by atoms with E-state index in [4.69, 9.17) is 10.5 Å². The summed E-state index contributed by atoms with van der Waals surface area (Å²) in [7, 11) is 0. The van der Waals surface area contributed by atoms with Crippen LogP contribution in [0.3, 0.4) is 0 Å². The molecule has 1 unspecified atom stereocenters. The first kappa shape index (κ1) is 22.5. The molecular formula is C20H28F3N5O2. The molecule has 3 N–H and O–H groups in total. The number of ether oxygens (including phenoxy) is 1. The topological polar surface area (TPSA) is 94.5 Å². The highest BCUT2D eigenvalue weighted by molar-refractivity contribution is 5.76. The maximum absolute atomic E-state index is 12.4. The lowest BCUT2D eigenvalue weighted by Crippen LogP contribution is -2.30. The summed E-state index contributed by atoms with van der Waals surface area (Å²) in [5, 5.41) is 7.08. The Morgan fingerprint density at radius 1 is 1.37 bits per heavy atom. The van der Waals surface area contributed by atoms with E-state index in [1.54, 1.807) is 23.0 Å². The third kappa shape index (κ3) is 6.40. The molecule has 2 aromatic rings. The van der Waals surface area contributed by atoms with Gasteiger partial charge < -0.3 is 15.8 Å². The third-order valence-corrected chi connectivity index (χ3v) is 4.84. The second kappa shape index (κ2) is 8.50. The van der Waals surface area contributed by atoms with E-state index in [9.17, 15) is 18.0 Å². The number of carbonyl (C=O) groups excluding carboxylic acids is 1. The zero-order valence-corrected chi connectivity index (χ0v) is 17.4. The van der Waals surface area contributed by atoms with Gasteiger partial charge >= 0.3 is 6.18 Å². The second-order valence-corrected chi connectivity index (χ2v) is 8.79. The van der Waals surface area contributed by atoms with Crippen LogP contribution in [0.4, 0.5) is 13.2 Å². The van der Waals surface area contributed by atoms with E-state index in [1.165, 1.54) is 0 Å².